The van der Waals surface area contributed by atoms with Gasteiger partial charge in [-0.2, -0.15) is 0 Å². The summed E-state index contributed by atoms with van der Waals surface area (Å²) in [5.41, 5.74) is 3.11. The number of amides is 1. The number of carbonyl (C=O) groups excluding carboxylic acids is 1. The van der Waals surface area contributed by atoms with Crippen LogP contribution in [0.3, 0.4) is 0 Å². The Morgan fingerprint density at radius 2 is 1.74 bits per heavy atom. The Balaban J connectivity index is 0.00000364. The molecule has 1 aromatic heterocycles. The maximum atomic E-state index is 12.0. The van der Waals surface area contributed by atoms with Crippen LogP contribution in [0.2, 0.25) is 0 Å². The summed E-state index contributed by atoms with van der Waals surface area (Å²) in [6.45, 7) is 6.68. The molecule has 7 heteroatoms. The molecule has 0 unspecified atom stereocenters. The molecule has 146 valence electrons. The number of nitrogens with zero attached hydrogens (tertiary/aromatic N) is 2. The highest BCUT2D eigenvalue weighted by Gasteiger charge is 2.04. The Hall–Kier alpha value is -2.16. The fraction of sp³-hybridized carbons (Fsp3) is 0.350. The van der Waals surface area contributed by atoms with E-state index in [4.69, 9.17) is 0 Å². The Morgan fingerprint density at radius 3 is 2.41 bits per heavy atom. The van der Waals surface area contributed by atoms with Crippen molar-refractivity contribution in [2.24, 2.45) is 4.99 Å². The maximum Gasteiger partial charge on any atom is 0.252 e. The van der Waals surface area contributed by atoms with E-state index in [9.17, 15) is 4.79 Å². The van der Waals surface area contributed by atoms with E-state index in [0.717, 1.165) is 18.9 Å². The first kappa shape index (κ1) is 22.9. The lowest BCUT2D eigenvalue weighted by Gasteiger charge is -2.12. The first-order valence-corrected chi connectivity index (χ1v) is 9.01. The number of guanidine groups is 1. The van der Waals surface area contributed by atoms with Crippen molar-refractivity contribution in [3.8, 4) is 0 Å². The van der Waals surface area contributed by atoms with Gasteiger partial charge in [0, 0.05) is 32.0 Å². The lowest BCUT2D eigenvalue weighted by atomic mass is 10.1. The number of halogens is 1. The van der Waals surface area contributed by atoms with Crippen molar-refractivity contribution in [3.05, 3.63) is 65.5 Å². The van der Waals surface area contributed by atoms with Crippen molar-refractivity contribution in [2.45, 2.75) is 26.8 Å². The Kier molecular flexibility index (Phi) is 11.1. The number of pyridine rings is 1. The van der Waals surface area contributed by atoms with E-state index in [1.54, 1.807) is 24.5 Å². The molecule has 1 heterocycles. The van der Waals surface area contributed by atoms with Crippen molar-refractivity contribution in [1.29, 1.82) is 0 Å². The zero-order valence-corrected chi connectivity index (χ0v) is 18.2. The molecule has 0 spiro atoms. The molecule has 0 aliphatic carbocycles. The summed E-state index contributed by atoms with van der Waals surface area (Å²) in [5.74, 6) is 0.618. The number of benzene rings is 1. The first-order chi connectivity index (χ1) is 12.7. The second-order valence-corrected chi connectivity index (χ2v) is 5.74. The molecule has 6 nitrogen and oxygen atoms in total. The van der Waals surface area contributed by atoms with Crippen LogP contribution in [0.25, 0.3) is 0 Å². The van der Waals surface area contributed by atoms with Crippen LogP contribution in [0.5, 0.6) is 0 Å². The second kappa shape index (κ2) is 13.1. The predicted molar refractivity (Wildman–Crippen MR) is 121 cm³/mol. The number of aliphatic imine (C=N–C) groups is 1. The van der Waals surface area contributed by atoms with Crippen LogP contribution in [0, 0.1) is 0 Å². The quantitative estimate of drug-likeness (QED) is 0.235. The molecule has 0 saturated heterocycles. The van der Waals surface area contributed by atoms with Crippen molar-refractivity contribution in [3.63, 3.8) is 0 Å². The number of aromatic nitrogens is 1. The van der Waals surface area contributed by atoms with Crippen LogP contribution in [0.1, 0.15) is 35.3 Å². The smallest absolute Gasteiger partial charge is 0.252 e. The lowest BCUT2D eigenvalue weighted by Crippen LogP contribution is -2.41. The van der Waals surface area contributed by atoms with Crippen molar-refractivity contribution >= 4 is 35.8 Å². The lowest BCUT2D eigenvalue weighted by molar-refractivity contribution is 0.0954. The van der Waals surface area contributed by atoms with Crippen LogP contribution in [0.4, 0.5) is 0 Å². The highest BCUT2D eigenvalue weighted by molar-refractivity contribution is 14.0. The summed E-state index contributed by atoms with van der Waals surface area (Å²) >= 11 is 0. The van der Waals surface area contributed by atoms with Gasteiger partial charge in [-0.1, -0.05) is 31.2 Å². The van der Waals surface area contributed by atoms with Gasteiger partial charge in [0.05, 0.1) is 12.1 Å². The molecule has 2 aromatic rings. The van der Waals surface area contributed by atoms with Gasteiger partial charge >= 0.3 is 0 Å². The summed E-state index contributed by atoms with van der Waals surface area (Å²) in [4.78, 5) is 20.6. The monoisotopic (exact) mass is 481 g/mol. The van der Waals surface area contributed by atoms with Crippen LogP contribution >= 0.6 is 24.0 Å². The minimum absolute atomic E-state index is 0. The van der Waals surface area contributed by atoms with Gasteiger partial charge in [0.2, 0.25) is 0 Å². The molecular weight excluding hydrogens is 453 g/mol. The van der Waals surface area contributed by atoms with E-state index in [0.29, 0.717) is 25.2 Å². The van der Waals surface area contributed by atoms with E-state index in [1.165, 1.54) is 11.1 Å². The molecule has 27 heavy (non-hydrogen) atoms. The molecule has 0 saturated carbocycles. The molecule has 0 radical (unpaired) electrons. The topological polar surface area (TPSA) is 78.4 Å². The minimum Gasteiger partial charge on any atom is -0.357 e. The third-order valence-electron chi connectivity index (χ3n) is 3.88. The van der Waals surface area contributed by atoms with Gasteiger partial charge in [-0.05, 0) is 36.6 Å². The van der Waals surface area contributed by atoms with E-state index in [2.05, 4.69) is 51.0 Å². The number of rotatable bonds is 8. The molecule has 1 amide bonds. The van der Waals surface area contributed by atoms with Crippen molar-refractivity contribution < 1.29 is 4.79 Å². The largest absolute Gasteiger partial charge is 0.357 e. The molecule has 0 atom stereocenters. The molecule has 1 aromatic carbocycles. The van der Waals surface area contributed by atoms with E-state index < -0.39 is 0 Å². The van der Waals surface area contributed by atoms with E-state index >= 15 is 0 Å². The molecule has 3 N–H and O–H groups in total. The Labute approximate surface area is 178 Å². The average Bonchev–Trinajstić information content (AvgIpc) is 2.69. The van der Waals surface area contributed by atoms with Crippen LogP contribution < -0.4 is 16.0 Å². The highest BCUT2D eigenvalue weighted by atomic mass is 127. The Bertz CT molecular complexity index is 721. The van der Waals surface area contributed by atoms with Gasteiger partial charge in [0.15, 0.2) is 5.96 Å². The van der Waals surface area contributed by atoms with Crippen LogP contribution in [0.15, 0.2) is 53.8 Å². The number of aryl methyl sites for hydroxylation is 1. The standard InChI is InChI=1S/C20H27N5O.HI/c1-3-16-8-5-6-9-17(16)15-25-20(22-4-2)24-13-12-23-19(26)18-10-7-11-21-14-18;/h5-11,14H,3-4,12-13,15H2,1-2H3,(H,23,26)(H2,22,24,25);1H. The van der Waals surface area contributed by atoms with E-state index in [1.807, 2.05) is 13.0 Å². The predicted octanol–water partition coefficient (Wildman–Crippen LogP) is 2.75. The van der Waals surface area contributed by atoms with Crippen molar-refractivity contribution in [1.82, 2.24) is 20.9 Å². The summed E-state index contributed by atoms with van der Waals surface area (Å²) < 4.78 is 0. The highest BCUT2D eigenvalue weighted by Crippen LogP contribution is 2.10. The molecule has 0 fully saturated rings. The van der Waals surface area contributed by atoms with Gasteiger partial charge in [-0.25, -0.2) is 4.99 Å². The molecule has 0 aliphatic heterocycles. The molecule has 0 bridgehead atoms. The number of nitrogens with one attached hydrogen (secondary N) is 3. The third kappa shape index (κ3) is 7.94. The van der Waals surface area contributed by atoms with Gasteiger partial charge in [-0.3, -0.25) is 9.78 Å². The minimum atomic E-state index is -0.126. The van der Waals surface area contributed by atoms with Gasteiger partial charge in [0.1, 0.15) is 0 Å². The third-order valence-corrected chi connectivity index (χ3v) is 3.88. The van der Waals surface area contributed by atoms with Crippen molar-refractivity contribution in [2.75, 3.05) is 19.6 Å². The summed E-state index contributed by atoms with van der Waals surface area (Å²) in [6.07, 6.45) is 4.20. The normalized spacial score (nSPS) is 10.7. The maximum absolute atomic E-state index is 12.0. The SMILES string of the molecule is CCNC(=NCc1ccccc1CC)NCCNC(=O)c1cccnc1.I. The number of carbonyl (C=O) groups is 1. The molecular formula is C20H28IN5O. The number of hydrogen-bond acceptors (Lipinski definition) is 3. The molecule has 2 rings (SSSR count). The Morgan fingerprint density at radius 1 is 1.00 bits per heavy atom. The van der Waals surface area contributed by atoms with Gasteiger partial charge < -0.3 is 16.0 Å². The van der Waals surface area contributed by atoms with Crippen LogP contribution in [-0.4, -0.2) is 36.5 Å². The van der Waals surface area contributed by atoms with Crippen LogP contribution in [-0.2, 0) is 13.0 Å². The zero-order chi connectivity index (χ0) is 18.6. The average molecular weight is 481 g/mol. The van der Waals surface area contributed by atoms with Gasteiger partial charge in [0.25, 0.3) is 5.91 Å². The summed E-state index contributed by atoms with van der Waals surface area (Å²) in [5, 5.41) is 9.33. The summed E-state index contributed by atoms with van der Waals surface area (Å²) in [6, 6.07) is 11.8. The second-order valence-electron chi connectivity index (χ2n) is 5.74. The van der Waals surface area contributed by atoms with Gasteiger partial charge in [-0.15, -0.1) is 24.0 Å². The fourth-order valence-electron chi connectivity index (χ4n) is 2.52. The van der Waals surface area contributed by atoms with E-state index in [-0.39, 0.29) is 29.9 Å². The summed E-state index contributed by atoms with van der Waals surface area (Å²) in [7, 11) is 0. The first-order valence-electron chi connectivity index (χ1n) is 9.01. The fourth-order valence-corrected chi connectivity index (χ4v) is 2.52. The zero-order valence-electron chi connectivity index (χ0n) is 15.9. The molecule has 0 aliphatic rings. The number of hydrogen-bond donors (Lipinski definition) is 3.